The summed E-state index contributed by atoms with van der Waals surface area (Å²) in [6, 6.07) is 16.5. The molecule has 0 aliphatic carbocycles. The van der Waals surface area contributed by atoms with Crippen molar-refractivity contribution in [1.29, 1.82) is 0 Å². The van der Waals surface area contributed by atoms with Crippen molar-refractivity contribution in [3.63, 3.8) is 0 Å². The standard InChI is InChI=1S/C24H26N2O5S/c1-32(2,29)25-24(28)18-9-7-17(8-10-18)15-31-23-16-30-21(11-22(23)27)14-26-12-19-5-3-4-6-20(19)13-26/h3-11,16,32H,12-15H2,1-2H3,(H,25,28,29). The van der Waals surface area contributed by atoms with Gasteiger partial charge in [0.05, 0.1) is 6.54 Å². The Balaban J connectivity index is 1.34. The number of carbonyl (C=O) groups excluding carboxylic acids is 1. The van der Waals surface area contributed by atoms with Gasteiger partial charge < -0.3 is 13.7 Å². The largest absolute Gasteiger partial charge is 0.482 e. The summed E-state index contributed by atoms with van der Waals surface area (Å²) in [4.78, 5) is 26.7. The van der Waals surface area contributed by atoms with E-state index in [2.05, 4.69) is 21.4 Å². The Hall–Kier alpha value is -3.07. The van der Waals surface area contributed by atoms with Gasteiger partial charge in [0.1, 0.15) is 18.6 Å². The average Bonchev–Trinajstić information content (AvgIpc) is 3.14. The number of carbonyl (C=O) groups is 1. The smallest absolute Gasteiger partial charge is 0.283 e. The maximum Gasteiger partial charge on any atom is 0.283 e. The quantitative estimate of drug-likeness (QED) is 0.552. The minimum Gasteiger partial charge on any atom is -0.482 e. The molecule has 1 N–H and O–H groups in total. The second-order valence-electron chi connectivity index (χ2n) is 8.22. The Bertz CT molecular complexity index is 1210. The van der Waals surface area contributed by atoms with Crippen molar-refractivity contribution in [1.82, 2.24) is 4.90 Å². The highest BCUT2D eigenvalue weighted by atomic mass is 32.3. The predicted octanol–water partition coefficient (Wildman–Crippen LogP) is 3.68. The van der Waals surface area contributed by atoms with Crippen LogP contribution in [0.15, 0.2) is 74.4 Å². The Labute approximate surface area is 187 Å². The molecule has 0 atom stereocenters. The summed E-state index contributed by atoms with van der Waals surface area (Å²) in [5.74, 6) is 0.285. The molecule has 0 spiro atoms. The van der Waals surface area contributed by atoms with E-state index in [1.807, 2.05) is 12.1 Å². The molecule has 2 aromatic carbocycles. The Kier molecular flexibility index (Phi) is 6.36. The molecule has 1 aliphatic rings. The summed E-state index contributed by atoms with van der Waals surface area (Å²) in [6.45, 7) is 2.39. The summed E-state index contributed by atoms with van der Waals surface area (Å²) in [6.07, 6.45) is 4.45. The van der Waals surface area contributed by atoms with E-state index >= 15 is 0 Å². The lowest BCUT2D eigenvalue weighted by Gasteiger charge is -2.14. The minimum absolute atomic E-state index is 0.139. The van der Waals surface area contributed by atoms with Crippen LogP contribution in [0.3, 0.4) is 0 Å². The van der Waals surface area contributed by atoms with Crippen molar-refractivity contribution in [3.05, 3.63) is 99.1 Å². The average molecular weight is 455 g/mol. The van der Waals surface area contributed by atoms with Gasteiger partial charge in [-0.15, -0.1) is 10.1 Å². The van der Waals surface area contributed by atoms with Gasteiger partial charge in [-0.1, -0.05) is 36.4 Å². The molecule has 2 heterocycles. The number of amides is 1. The number of hydrogen-bond acceptors (Lipinski definition) is 5. The van der Waals surface area contributed by atoms with Gasteiger partial charge in [0.2, 0.25) is 11.2 Å². The highest BCUT2D eigenvalue weighted by Crippen LogP contribution is 2.24. The third-order valence-corrected chi connectivity index (χ3v) is 5.74. The molecular weight excluding hydrogens is 428 g/mol. The van der Waals surface area contributed by atoms with Crippen LogP contribution in [0, 0.1) is 0 Å². The van der Waals surface area contributed by atoms with E-state index in [9.17, 15) is 14.1 Å². The summed E-state index contributed by atoms with van der Waals surface area (Å²) in [5, 5.41) is 0. The molecule has 1 aliphatic heterocycles. The molecular formula is C24H26N2O5S. The van der Waals surface area contributed by atoms with Crippen LogP contribution in [0.25, 0.3) is 0 Å². The first-order valence-electron chi connectivity index (χ1n) is 10.2. The van der Waals surface area contributed by atoms with Gasteiger partial charge in [-0.2, -0.15) is 4.36 Å². The number of fused-ring (bicyclic) bond motifs is 1. The monoisotopic (exact) mass is 454 g/mol. The topological polar surface area (TPSA) is 92.3 Å². The molecule has 0 unspecified atom stereocenters. The fourth-order valence-corrected chi connectivity index (χ4v) is 4.11. The molecule has 4 rings (SSSR count). The number of rotatable bonds is 6. The summed E-state index contributed by atoms with van der Waals surface area (Å²) in [7, 11) is -2.53. The fourth-order valence-electron chi connectivity index (χ4n) is 3.55. The van der Waals surface area contributed by atoms with Crippen LogP contribution in [0.5, 0.6) is 5.75 Å². The van der Waals surface area contributed by atoms with Crippen molar-refractivity contribution in [2.24, 2.45) is 4.36 Å². The van der Waals surface area contributed by atoms with E-state index in [1.54, 1.807) is 36.8 Å². The molecule has 3 aromatic rings. The van der Waals surface area contributed by atoms with E-state index < -0.39 is 16.0 Å². The van der Waals surface area contributed by atoms with E-state index in [1.165, 1.54) is 23.5 Å². The van der Waals surface area contributed by atoms with Crippen LogP contribution in [-0.4, -0.2) is 27.9 Å². The maximum atomic E-state index is 12.4. The molecule has 0 fully saturated rings. The third kappa shape index (κ3) is 5.59. The van der Waals surface area contributed by atoms with Crippen molar-refractivity contribution >= 4 is 16.0 Å². The van der Waals surface area contributed by atoms with Gasteiger partial charge in [0, 0.05) is 24.7 Å². The number of thiol groups is 1. The number of hydrogen-bond donors (Lipinski definition) is 2. The normalized spacial score (nSPS) is 14.1. The van der Waals surface area contributed by atoms with Crippen LogP contribution >= 0.6 is 0 Å². The minimum atomic E-state index is -2.53. The molecule has 168 valence electrons. The fraction of sp³-hybridized carbons (Fsp3) is 0.250. The van der Waals surface area contributed by atoms with E-state index in [4.69, 9.17) is 9.15 Å². The highest BCUT2D eigenvalue weighted by Gasteiger charge is 2.19. The van der Waals surface area contributed by atoms with E-state index in [0.29, 0.717) is 17.9 Å². The zero-order valence-electron chi connectivity index (χ0n) is 18.0. The van der Waals surface area contributed by atoms with Crippen LogP contribution < -0.4 is 10.2 Å². The van der Waals surface area contributed by atoms with Crippen LogP contribution in [0.2, 0.25) is 0 Å². The molecule has 0 saturated carbocycles. The zero-order chi connectivity index (χ0) is 22.7. The maximum absolute atomic E-state index is 12.4. The molecule has 0 radical (unpaired) electrons. The van der Waals surface area contributed by atoms with Crippen molar-refractivity contribution in [3.8, 4) is 5.75 Å². The molecule has 8 heteroatoms. The lowest BCUT2D eigenvalue weighted by molar-refractivity contribution is 0.100. The Morgan fingerprint density at radius 2 is 1.78 bits per heavy atom. The van der Waals surface area contributed by atoms with Crippen LogP contribution in [-0.2, 0) is 36.3 Å². The second-order valence-corrected chi connectivity index (χ2v) is 11.1. The van der Waals surface area contributed by atoms with Crippen molar-refractivity contribution in [2.45, 2.75) is 26.2 Å². The van der Waals surface area contributed by atoms with Gasteiger partial charge in [-0.05, 0) is 41.3 Å². The van der Waals surface area contributed by atoms with Crippen molar-refractivity contribution in [2.75, 3.05) is 12.5 Å². The second kappa shape index (κ2) is 9.20. The van der Waals surface area contributed by atoms with E-state index in [-0.39, 0.29) is 17.8 Å². The van der Waals surface area contributed by atoms with Gasteiger partial charge >= 0.3 is 0 Å². The molecule has 1 aromatic heterocycles. The van der Waals surface area contributed by atoms with Gasteiger partial charge in [-0.25, -0.2) is 0 Å². The number of ether oxygens (including phenoxy) is 1. The zero-order valence-corrected chi connectivity index (χ0v) is 18.9. The highest BCUT2D eigenvalue weighted by molar-refractivity contribution is 7.98. The Morgan fingerprint density at radius 3 is 2.38 bits per heavy atom. The van der Waals surface area contributed by atoms with Crippen LogP contribution in [0.4, 0.5) is 0 Å². The molecule has 1 amide bonds. The predicted molar refractivity (Wildman–Crippen MR) is 125 cm³/mol. The van der Waals surface area contributed by atoms with Crippen molar-refractivity contribution < 1.29 is 18.5 Å². The number of benzene rings is 2. The lowest BCUT2D eigenvalue weighted by Crippen LogP contribution is -2.17. The van der Waals surface area contributed by atoms with Gasteiger partial charge in [-0.3, -0.25) is 14.5 Å². The molecule has 0 bridgehead atoms. The molecule has 0 saturated heterocycles. The van der Waals surface area contributed by atoms with Gasteiger partial charge in [0.15, 0.2) is 0 Å². The first-order valence-corrected chi connectivity index (χ1v) is 12.8. The first kappa shape index (κ1) is 22.1. The Morgan fingerprint density at radius 1 is 1.12 bits per heavy atom. The van der Waals surface area contributed by atoms with Crippen LogP contribution in [0.1, 0.15) is 32.8 Å². The summed E-state index contributed by atoms with van der Waals surface area (Å²) in [5.41, 5.74) is 3.56. The summed E-state index contributed by atoms with van der Waals surface area (Å²) < 4.78 is 24.8. The molecule has 7 nitrogen and oxygen atoms in total. The first-order chi connectivity index (χ1) is 15.3. The molecule has 32 heavy (non-hydrogen) atoms. The SMILES string of the molecule is C[SH](C)(O)=NC(=O)c1ccc(COc2coc(CN3Cc4ccccc4C3)cc2=O)cc1. The van der Waals surface area contributed by atoms with E-state index in [0.717, 1.165) is 18.7 Å². The summed E-state index contributed by atoms with van der Waals surface area (Å²) >= 11 is 0. The third-order valence-electron chi connectivity index (χ3n) is 5.07. The number of nitrogens with zero attached hydrogens (tertiary/aromatic N) is 2. The van der Waals surface area contributed by atoms with Gasteiger partial charge in [0.25, 0.3) is 5.91 Å². The lowest BCUT2D eigenvalue weighted by atomic mass is 10.1.